The third-order valence-corrected chi connectivity index (χ3v) is 6.21. The minimum absolute atomic E-state index is 0.159. The summed E-state index contributed by atoms with van der Waals surface area (Å²) >= 11 is 6.62. The van der Waals surface area contributed by atoms with E-state index < -0.39 is 12.6 Å². The summed E-state index contributed by atoms with van der Waals surface area (Å²) in [5.74, 6) is -0.0226. The molecule has 0 aliphatic carbocycles. The molecule has 35 heavy (non-hydrogen) atoms. The molecule has 9 heteroatoms. The van der Waals surface area contributed by atoms with Crippen LogP contribution in [0.2, 0.25) is 0 Å². The number of esters is 1. The smallest absolute Gasteiger partial charge is 0.349 e. The van der Waals surface area contributed by atoms with Gasteiger partial charge in [0.05, 0.1) is 23.3 Å². The van der Waals surface area contributed by atoms with Crippen molar-refractivity contribution in [2.24, 2.45) is 0 Å². The number of amides is 1. The van der Waals surface area contributed by atoms with E-state index in [9.17, 15) is 14.4 Å². The molecule has 0 spiro atoms. The van der Waals surface area contributed by atoms with Crippen LogP contribution in [-0.2, 0) is 9.59 Å². The molecule has 1 aliphatic heterocycles. The topological polar surface area (TPSA) is 82.1 Å². The molecular weight excluding hydrogens is 486 g/mol. The Morgan fingerprint density at radius 1 is 1.00 bits per heavy atom. The van der Waals surface area contributed by atoms with Crippen LogP contribution >= 0.6 is 24.0 Å². The van der Waals surface area contributed by atoms with E-state index in [0.717, 1.165) is 0 Å². The number of para-hydroxylation sites is 2. The maximum absolute atomic E-state index is 12.9. The molecule has 3 aromatic rings. The van der Waals surface area contributed by atoms with Crippen molar-refractivity contribution in [3.63, 3.8) is 0 Å². The molecule has 0 N–H and O–H groups in total. The van der Waals surface area contributed by atoms with E-state index in [1.165, 1.54) is 29.8 Å². The Bertz CT molecular complexity index is 1320. The third kappa shape index (κ3) is 5.59. The number of methoxy groups -OCH3 is 1. The second-order valence-corrected chi connectivity index (χ2v) is 8.86. The Kier molecular flexibility index (Phi) is 7.59. The number of anilines is 1. The van der Waals surface area contributed by atoms with Gasteiger partial charge in [-0.05, 0) is 48.0 Å². The predicted molar refractivity (Wildman–Crippen MR) is 138 cm³/mol. The highest BCUT2D eigenvalue weighted by atomic mass is 32.2. The molecule has 0 unspecified atom stereocenters. The van der Waals surface area contributed by atoms with Gasteiger partial charge in [-0.1, -0.05) is 60.4 Å². The highest BCUT2D eigenvalue weighted by molar-refractivity contribution is 8.27. The van der Waals surface area contributed by atoms with Crippen LogP contribution in [0.1, 0.15) is 15.9 Å². The number of hydrogen-bond donors (Lipinski definition) is 0. The number of rotatable bonds is 8. The van der Waals surface area contributed by atoms with Crippen LogP contribution in [0.5, 0.6) is 17.2 Å². The lowest BCUT2D eigenvalue weighted by Gasteiger charge is -2.14. The van der Waals surface area contributed by atoms with Gasteiger partial charge in [-0.15, -0.1) is 0 Å². The summed E-state index contributed by atoms with van der Waals surface area (Å²) < 4.78 is 16.6. The number of carbonyl (C=O) groups is 3. The van der Waals surface area contributed by atoms with Gasteiger partial charge in [0.1, 0.15) is 5.75 Å². The van der Waals surface area contributed by atoms with E-state index in [2.05, 4.69) is 0 Å². The molecule has 1 heterocycles. The SMILES string of the molecule is COc1cc(C=C2SC(=S)N(c3ccccc3)C2=O)ccc1OCC(=O)Oc1ccccc1C=O. The number of hydrogen-bond acceptors (Lipinski definition) is 8. The molecule has 0 bridgehead atoms. The summed E-state index contributed by atoms with van der Waals surface area (Å²) in [6.45, 7) is -0.390. The standard InChI is InChI=1S/C26H19NO6S2/c1-31-22-13-17(14-23-25(30)27(26(34)35-23)19-8-3-2-4-9-19)11-12-21(22)32-16-24(29)33-20-10-6-5-7-18(20)15-28/h2-15H,16H2,1H3. The van der Waals surface area contributed by atoms with Gasteiger partial charge >= 0.3 is 5.97 Å². The van der Waals surface area contributed by atoms with E-state index in [0.29, 0.717) is 38.3 Å². The summed E-state index contributed by atoms with van der Waals surface area (Å²) in [6.07, 6.45) is 2.33. The molecule has 3 aromatic carbocycles. The normalized spacial score (nSPS) is 14.2. The average molecular weight is 506 g/mol. The monoisotopic (exact) mass is 505 g/mol. The Morgan fingerprint density at radius 2 is 1.74 bits per heavy atom. The van der Waals surface area contributed by atoms with E-state index in [-0.39, 0.29) is 17.2 Å². The van der Waals surface area contributed by atoms with E-state index in [1.54, 1.807) is 42.5 Å². The van der Waals surface area contributed by atoms with E-state index >= 15 is 0 Å². The summed E-state index contributed by atoms with van der Waals surface area (Å²) in [6, 6.07) is 20.7. The van der Waals surface area contributed by atoms with Crippen LogP contribution < -0.4 is 19.1 Å². The molecule has 0 saturated carbocycles. The second kappa shape index (κ2) is 11.0. The Hall–Kier alpha value is -3.95. The van der Waals surface area contributed by atoms with Crippen molar-refractivity contribution in [1.82, 2.24) is 0 Å². The molecule has 1 saturated heterocycles. The minimum Gasteiger partial charge on any atom is -0.493 e. The van der Waals surface area contributed by atoms with Crippen LogP contribution in [0.4, 0.5) is 5.69 Å². The van der Waals surface area contributed by atoms with Gasteiger partial charge in [0, 0.05) is 0 Å². The molecule has 176 valence electrons. The van der Waals surface area contributed by atoms with Crippen LogP contribution in [0.25, 0.3) is 6.08 Å². The van der Waals surface area contributed by atoms with Crippen molar-refractivity contribution in [3.8, 4) is 17.2 Å². The van der Waals surface area contributed by atoms with Gasteiger partial charge in [-0.25, -0.2) is 4.79 Å². The summed E-state index contributed by atoms with van der Waals surface area (Å²) in [7, 11) is 1.47. The number of ether oxygens (including phenoxy) is 3. The average Bonchev–Trinajstić information content (AvgIpc) is 3.16. The molecule has 1 fully saturated rings. The third-order valence-electron chi connectivity index (χ3n) is 4.91. The first-order chi connectivity index (χ1) is 17.0. The Morgan fingerprint density at radius 3 is 2.49 bits per heavy atom. The fraction of sp³-hybridized carbons (Fsp3) is 0.0769. The molecule has 4 rings (SSSR count). The lowest BCUT2D eigenvalue weighted by molar-refractivity contribution is -0.136. The van der Waals surface area contributed by atoms with Crippen LogP contribution in [-0.4, -0.2) is 36.2 Å². The molecule has 0 aromatic heterocycles. The number of carbonyl (C=O) groups excluding carboxylic acids is 3. The molecule has 1 amide bonds. The molecule has 1 aliphatic rings. The molecule has 7 nitrogen and oxygen atoms in total. The van der Waals surface area contributed by atoms with Gasteiger partial charge < -0.3 is 14.2 Å². The summed E-state index contributed by atoms with van der Waals surface area (Å²) in [5.41, 5.74) is 1.67. The van der Waals surface area contributed by atoms with Crippen molar-refractivity contribution >= 4 is 58.2 Å². The minimum atomic E-state index is -0.671. The number of aldehydes is 1. The zero-order chi connectivity index (χ0) is 24.8. The van der Waals surface area contributed by atoms with Gasteiger partial charge in [-0.2, -0.15) is 0 Å². The lowest BCUT2D eigenvalue weighted by atomic mass is 10.2. The van der Waals surface area contributed by atoms with Gasteiger partial charge in [-0.3, -0.25) is 14.5 Å². The van der Waals surface area contributed by atoms with Crippen molar-refractivity contribution in [2.75, 3.05) is 18.6 Å². The maximum Gasteiger partial charge on any atom is 0.349 e. The number of thioether (sulfide) groups is 1. The fourth-order valence-corrected chi connectivity index (χ4v) is 4.57. The van der Waals surface area contributed by atoms with Gasteiger partial charge in [0.15, 0.2) is 28.7 Å². The second-order valence-electron chi connectivity index (χ2n) is 7.18. The van der Waals surface area contributed by atoms with Crippen molar-refractivity contribution in [2.45, 2.75) is 0 Å². The first-order valence-electron chi connectivity index (χ1n) is 10.4. The molecule has 0 radical (unpaired) electrons. The highest BCUT2D eigenvalue weighted by Crippen LogP contribution is 2.37. The van der Waals surface area contributed by atoms with Crippen molar-refractivity contribution < 1.29 is 28.6 Å². The summed E-state index contributed by atoms with van der Waals surface area (Å²) in [4.78, 5) is 38.2. The Balaban J connectivity index is 1.45. The quantitative estimate of drug-likeness (QED) is 0.141. The van der Waals surface area contributed by atoms with Gasteiger partial charge in [0.2, 0.25) is 0 Å². The predicted octanol–water partition coefficient (Wildman–Crippen LogP) is 4.90. The Labute approximate surface area is 211 Å². The van der Waals surface area contributed by atoms with Crippen molar-refractivity contribution in [3.05, 3.63) is 88.8 Å². The van der Waals surface area contributed by atoms with Crippen LogP contribution in [0, 0.1) is 0 Å². The largest absolute Gasteiger partial charge is 0.493 e. The zero-order valence-electron chi connectivity index (χ0n) is 18.5. The summed E-state index contributed by atoms with van der Waals surface area (Å²) in [5, 5.41) is 0. The van der Waals surface area contributed by atoms with Crippen LogP contribution in [0.15, 0.2) is 77.7 Å². The van der Waals surface area contributed by atoms with Crippen LogP contribution in [0.3, 0.4) is 0 Å². The number of thiocarbonyl (C=S) groups is 1. The molecular formula is C26H19NO6S2. The van der Waals surface area contributed by atoms with E-state index in [4.69, 9.17) is 26.4 Å². The highest BCUT2D eigenvalue weighted by Gasteiger charge is 2.33. The number of benzene rings is 3. The van der Waals surface area contributed by atoms with Gasteiger partial charge in [0.25, 0.3) is 5.91 Å². The van der Waals surface area contributed by atoms with E-state index in [1.807, 2.05) is 30.3 Å². The maximum atomic E-state index is 12.9. The zero-order valence-corrected chi connectivity index (χ0v) is 20.1. The first kappa shape index (κ1) is 24.2. The fourth-order valence-electron chi connectivity index (χ4n) is 3.27. The first-order valence-corrected chi connectivity index (χ1v) is 11.6. The van der Waals surface area contributed by atoms with Crippen molar-refractivity contribution in [1.29, 1.82) is 0 Å². The number of nitrogens with zero attached hydrogens (tertiary/aromatic N) is 1. The molecule has 0 atom stereocenters. The lowest BCUT2D eigenvalue weighted by Crippen LogP contribution is -2.27.